The minimum absolute atomic E-state index is 0.655. The predicted octanol–water partition coefficient (Wildman–Crippen LogP) is 1.72. The molecule has 0 aliphatic carbocycles. The van der Waals surface area contributed by atoms with E-state index < -0.39 is 11.4 Å². The monoisotopic (exact) mass is 226 g/mol. The third kappa shape index (κ3) is 1.71. The molecular formula is C10H14N2O2S. The van der Waals surface area contributed by atoms with Crippen LogP contribution in [0.4, 0.5) is 5.13 Å². The Morgan fingerprint density at radius 1 is 1.60 bits per heavy atom. The maximum atomic E-state index is 11.0. The van der Waals surface area contributed by atoms with Gasteiger partial charge in [-0.05, 0) is 20.3 Å². The fourth-order valence-electron chi connectivity index (χ4n) is 1.31. The molecule has 0 spiro atoms. The molecule has 5 heteroatoms. The molecule has 2 heterocycles. The number of aliphatic carboxylic acids is 1. The van der Waals surface area contributed by atoms with Gasteiger partial charge < -0.3 is 10.0 Å². The van der Waals surface area contributed by atoms with Crippen molar-refractivity contribution in [2.24, 2.45) is 0 Å². The predicted molar refractivity (Wildman–Crippen MR) is 59.6 cm³/mol. The van der Waals surface area contributed by atoms with Crippen molar-refractivity contribution in [3.63, 3.8) is 0 Å². The van der Waals surface area contributed by atoms with Crippen molar-refractivity contribution in [2.75, 3.05) is 18.0 Å². The first-order valence-electron chi connectivity index (χ1n) is 4.96. The molecule has 0 radical (unpaired) electrons. The number of rotatable bonds is 3. The van der Waals surface area contributed by atoms with E-state index in [1.54, 1.807) is 13.8 Å². The normalized spacial score (nSPS) is 16.3. The summed E-state index contributed by atoms with van der Waals surface area (Å²) in [6.45, 7) is 5.45. The average Bonchev–Trinajstić information content (AvgIpc) is 2.50. The van der Waals surface area contributed by atoms with Crippen LogP contribution in [0.2, 0.25) is 0 Å². The standard InChI is InChI=1S/C10H14N2O2S/c1-10(2,8(13)14)7-6-15-9(11-7)12-4-3-5-12/h6H,3-5H2,1-2H3,(H,13,14). The van der Waals surface area contributed by atoms with Crippen LogP contribution in [0, 0.1) is 0 Å². The molecule has 1 aromatic rings. The Morgan fingerprint density at radius 3 is 2.73 bits per heavy atom. The third-order valence-electron chi connectivity index (χ3n) is 2.79. The number of hydrogen-bond donors (Lipinski definition) is 1. The highest BCUT2D eigenvalue weighted by molar-refractivity contribution is 7.13. The van der Waals surface area contributed by atoms with Gasteiger partial charge in [-0.15, -0.1) is 11.3 Å². The van der Waals surface area contributed by atoms with Crippen molar-refractivity contribution in [2.45, 2.75) is 25.7 Å². The molecule has 82 valence electrons. The van der Waals surface area contributed by atoms with E-state index in [2.05, 4.69) is 9.88 Å². The van der Waals surface area contributed by atoms with Crippen molar-refractivity contribution in [1.29, 1.82) is 0 Å². The second kappa shape index (κ2) is 3.48. The van der Waals surface area contributed by atoms with Crippen molar-refractivity contribution < 1.29 is 9.90 Å². The molecule has 0 aromatic carbocycles. The topological polar surface area (TPSA) is 53.4 Å². The smallest absolute Gasteiger partial charge is 0.315 e. The molecular weight excluding hydrogens is 212 g/mol. The summed E-state index contributed by atoms with van der Waals surface area (Å²) < 4.78 is 0. The van der Waals surface area contributed by atoms with Crippen molar-refractivity contribution in [1.82, 2.24) is 4.98 Å². The molecule has 1 aliphatic rings. The van der Waals surface area contributed by atoms with E-state index in [1.165, 1.54) is 17.8 Å². The minimum Gasteiger partial charge on any atom is -0.481 e. The van der Waals surface area contributed by atoms with Crippen LogP contribution in [0.25, 0.3) is 0 Å². The fourth-order valence-corrected chi connectivity index (χ4v) is 2.36. The molecule has 1 saturated heterocycles. The SMILES string of the molecule is CC(C)(C(=O)O)c1csc(N2CCC2)n1. The molecule has 2 rings (SSSR count). The summed E-state index contributed by atoms with van der Waals surface area (Å²) in [5.74, 6) is -0.831. The fraction of sp³-hybridized carbons (Fsp3) is 0.600. The van der Waals surface area contributed by atoms with Crippen LogP contribution in [-0.4, -0.2) is 29.1 Å². The highest BCUT2D eigenvalue weighted by atomic mass is 32.1. The molecule has 0 amide bonds. The van der Waals surface area contributed by atoms with Crippen LogP contribution < -0.4 is 4.90 Å². The number of nitrogens with zero attached hydrogens (tertiary/aromatic N) is 2. The Kier molecular flexibility index (Phi) is 2.42. The van der Waals surface area contributed by atoms with E-state index in [9.17, 15) is 4.79 Å². The lowest BCUT2D eigenvalue weighted by Crippen LogP contribution is -2.37. The van der Waals surface area contributed by atoms with Crippen molar-refractivity contribution in [3.05, 3.63) is 11.1 Å². The van der Waals surface area contributed by atoms with Gasteiger partial charge >= 0.3 is 5.97 Å². The summed E-state index contributed by atoms with van der Waals surface area (Å²) in [5.41, 5.74) is -0.235. The minimum atomic E-state index is -0.889. The molecule has 1 aromatic heterocycles. The number of carboxylic acids is 1. The van der Waals surface area contributed by atoms with E-state index in [1.807, 2.05) is 5.38 Å². The Labute approximate surface area is 92.6 Å². The lowest BCUT2D eigenvalue weighted by atomic mass is 9.90. The number of carboxylic acid groups (broad SMARTS) is 1. The Morgan fingerprint density at radius 2 is 2.27 bits per heavy atom. The van der Waals surface area contributed by atoms with E-state index in [0.717, 1.165) is 18.2 Å². The van der Waals surface area contributed by atoms with Crippen LogP contribution in [-0.2, 0) is 10.2 Å². The van der Waals surface area contributed by atoms with Gasteiger partial charge in [-0.2, -0.15) is 0 Å². The maximum absolute atomic E-state index is 11.0. The van der Waals surface area contributed by atoms with Crippen LogP contribution in [0.3, 0.4) is 0 Å². The van der Waals surface area contributed by atoms with Crippen LogP contribution in [0.1, 0.15) is 26.0 Å². The van der Waals surface area contributed by atoms with Gasteiger partial charge in [-0.3, -0.25) is 4.79 Å². The number of anilines is 1. The number of thiazole rings is 1. The lowest BCUT2D eigenvalue weighted by Gasteiger charge is -2.30. The highest BCUT2D eigenvalue weighted by Gasteiger charge is 2.33. The van der Waals surface area contributed by atoms with Crippen LogP contribution in [0.15, 0.2) is 5.38 Å². The second-order valence-corrected chi connectivity index (χ2v) is 5.12. The van der Waals surface area contributed by atoms with Gasteiger partial charge in [-0.25, -0.2) is 4.98 Å². The molecule has 1 N–H and O–H groups in total. The summed E-state index contributed by atoms with van der Waals surface area (Å²) in [6.07, 6.45) is 1.21. The zero-order chi connectivity index (χ0) is 11.1. The maximum Gasteiger partial charge on any atom is 0.315 e. The van der Waals surface area contributed by atoms with E-state index in [0.29, 0.717) is 5.69 Å². The zero-order valence-electron chi connectivity index (χ0n) is 8.86. The number of aromatic nitrogens is 1. The Balaban J connectivity index is 2.22. The molecule has 4 nitrogen and oxygen atoms in total. The first-order valence-corrected chi connectivity index (χ1v) is 5.84. The van der Waals surface area contributed by atoms with Gasteiger partial charge in [0.1, 0.15) is 5.41 Å². The first-order chi connectivity index (χ1) is 7.01. The van der Waals surface area contributed by atoms with Gasteiger partial charge in [0.25, 0.3) is 0 Å². The summed E-state index contributed by atoms with van der Waals surface area (Å²) >= 11 is 1.53. The number of hydrogen-bond acceptors (Lipinski definition) is 4. The Hall–Kier alpha value is -1.10. The third-order valence-corrected chi connectivity index (χ3v) is 3.70. The van der Waals surface area contributed by atoms with Gasteiger partial charge in [0.15, 0.2) is 5.13 Å². The molecule has 0 unspecified atom stereocenters. The summed E-state index contributed by atoms with van der Waals surface area (Å²) in [4.78, 5) is 17.6. The van der Waals surface area contributed by atoms with E-state index >= 15 is 0 Å². The van der Waals surface area contributed by atoms with Gasteiger partial charge in [0, 0.05) is 18.5 Å². The number of carbonyl (C=O) groups is 1. The second-order valence-electron chi connectivity index (χ2n) is 4.29. The van der Waals surface area contributed by atoms with Gasteiger partial charge in [-0.1, -0.05) is 0 Å². The zero-order valence-corrected chi connectivity index (χ0v) is 9.67. The van der Waals surface area contributed by atoms with E-state index in [-0.39, 0.29) is 0 Å². The summed E-state index contributed by atoms with van der Waals surface area (Å²) in [6, 6.07) is 0. The highest BCUT2D eigenvalue weighted by Crippen LogP contribution is 2.30. The summed E-state index contributed by atoms with van der Waals surface area (Å²) in [7, 11) is 0. The molecule has 15 heavy (non-hydrogen) atoms. The Bertz CT molecular complexity index is 383. The first kappa shape index (κ1) is 10.4. The lowest BCUT2D eigenvalue weighted by molar-refractivity contribution is -0.142. The molecule has 0 bridgehead atoms. The molecule has 1 aliphatic heterocycles. The molecule has 1 fully saturated rings. The van der Waals surface area contributed by atoms with Gasteiger partial charge in [0.2, 0.25) is 0 Å². The molecule has 0 atom stereocenters. The van der Waals surface area contributed by atoms with Crippen LogP contribution in [0.5, 0.6) is 0 Å². The van der Waals surface area contributed by atoms with Crippen molar-refractivity contribution in [3.8, 4) is 0 Å². The largest absolute Gasteiger partial charge is 0.481 e. The summed E-state index contributed by atoms with van der Waals surface area (Å²) in [5, 5.41) is 11.9. The quantitative estimate of drug-likeness (QED) is 0.852. The average molecular weight is 226 g/mol. The molecule has 0 saturated carbocycles. The van der Waals surface area contributed by atoms with E-state index in [4.69, 9.17) is 5.11 Å². The van der Waals surface area contributed by atoms with Crippen molar-refractivity contribution >= 4 is 22.4 Å². The van der Waals surface area contributed by atoms with Gasteiger partial charge in [0.05, 0.1) is 5.69 Å². The van der Waals surface area contributed by atoms with Crippen LogP contribution >= 0.6 is 11.3 Å².